The normalized spacial score (nSPS) is 16.2. The van der Waals surface area contributed by atoms with Crippen LogP contribution in [-0.2, 0) is 6.42 Å². The summed E-state index contributed by atoms with van der Waals surface area (Å²) in [6.45, 7) is 0. The molecule has 1 aromatic carbocycles. The number of carbonyl (C=O) groups is 1. The van der Waals surface area contributed by atoms with E-state index in [1.54, 1.807) is 20.3 Å². The van der Waals surface area contributed by atoms with E-state index < -0.39 is 0 Å². The predicted molar refractivity (Wildman–Crippen MR) is 74.0 cm³/mol. The molecule has 0 fully saturated rings. The molecule has 4 heteroatoms. The van der Waals surface area contributed by atoms with Crippen molar-refractivity contribution in [2.75, 3.05) is 28.3 Å². The van der Waals surface area contributed by atoms with Crippen molar-refractivity contribution in [3.8, 4) is 11.5 Å². The number of carbonyl (C=O) groups excluding carboxylic acids is 1. The molecule has 1 aliphatic rings. The van der Waals surface area contributed by atoms with Gasteiger partial charge in [0.25, 0.3) is 0 Å². The number of benzene rings is 1. The van der Waals surface area contributed by atoms with Crippen LogP contribution in [0, 0.1) is 0 Å². The molecule has 0 radical (unpaired) electrons. The highest BCUT2D eigenvalue weighted by Gasteiger charge is 2.24. The lowest BCUT2D eigenvalue weighted by Crippen LogP contribution is -2.17. The molecule has 1 aliphatic carbocycles. The van der Waals surface area contributed by atoms with E-state index >= 15 is 0 Å². The molecular weight excluding hydrogens is 242 g/mol. The number of rotatable bonds is 3. The first-order chi connectivity index (χ1) is 9.06. The second-order valence-corrected chi connectivity index (χ2v) is 4.81. The maximum atomic E-state index is 12.4. The standard InChI is InChI=1S/C15H19NO3/c1-16(2)9-11-6-5-10-7-13(18-3)14(19-4)8-12(10)15(11)17/h7-9H,5-6H2,1-4H3/b11-9-. The molecule has 0 aliphatic heterocycles. The average Bonchev–Trinajstić information content (AvgIpc) is 2.40. The molecule has 0 N–H and O–H groups in total. The number of ether oxygens (including phenoxy) is 2. The van der Waals surface area contributed by atoms with Gasteiger partial charge in [0.2, 0.25) is 0 Å². The molecule has 2 rings (SSSR count). The van der Waals surface area contributed by atoms with Crippen molar-refractivity contribution < 1.29 is 14.3 Å². The number of ketones is 1. The Morgan fingerprint density at radius 2 is 1.74 bits per heavy atom. The van der Waals surface area contributed by atoms with Gasteiger partial charge in [0.05, 0.1) is 14.2 Å². The van der Waals surface area contributed by atoms with Crippen molar-refractivity contribution in [3.05, 3.63) is 35.0 Å². The highest BCUT2D eigenvalue weighted by atomic mass is 16.5. The fourth-order valence-electron chi connectivity index (χ4n) is 2.33. The van der Waals surface area contributed by atoms with Gasteiger partial charge < -0.3 is 14.4 Å². The number of hydrogen-bond donors (Lipinski definition) is 0. The van der Waals surface area contributed by atoms with Gasteiger partial charge in [0.1, 0.15) is 0 Å². The minimum Gasteiger partial charge on any atom is -0.493 e. The third-order valence-corrected chi connectivity index (χ3v) is 3.22. The third kappa shape index (κ3) is 2.57. The minimum atomic E-state index is 0.0795. The number of fused-ring (bicyclic) bond motifs is 1. The van der Waals surface area contributed by atoms with Crippen LogP contribution in [0.25, 0.3) is 0 Å². The number of aryl methyl sites for hydroxylation is 1. The Labute approximate surface area is 113 Å². The Hall–Kier alpha value is -1.97. The molecule has 1 aromatic rings. The fourth-order valence-corrected chi connectivity index (χ4v) is 2.33. The van der Waals surface area contributed by atoms with Gasteiger partial charge in [-0.3, -0.25) is 4.79 Å². The minimum absolute atomic E-state index is 0.0795. The van der Waals surface area contributed by atoms with E-state index in [9.17, 15) is 4.79 Å². The second-order valence-electron chi connectivity index (χ2n) is 4.81. The maximum Gasteiger partial charge on any atom is 0.190 e. The van der Waals surface area contributed by atoms with E-state index in [0.717, 1.165) is 29.5 Å². The van der Waals surface area contributed by atoms with Crippen molar-refractivity contribution in [2.45, 2.75) is 12.8 Å². The van der Waals surface area contributed by atoms with Crippen LogP contribution in [-0.4, -0.2) is 39.0 Å². The van der Waals surface area contributed by atoms with Crippen LogP contribution in [0.2, 0.25) is 0 Å². The van der Waals surface area contributed by atoms with Crippen molar-refractivity contribution in [2.24, 2.45) is 0 Å². The zero-order chi connectivity index (χ0) is 14.0. The number of methoxy groups -OCH3 is 2. The molecule has 4 nitrogen and oxygen atoms in total. The van der Waals surface area contributed by atoms with Crippen LogP contribution in [0.3, 0.4) is 0 Å². The Bertz CT molecular complexity index is 532. The van der Waals surface area contributed by atoms with Crippen LogP contribution in [0.5, 0.6) is 11.5 Å². The molecule has 0 heterocycles. The van der Waals surface area contributed by atoms with Gasteiger partial charge in [-0.05, 0) is 30.5 Å². The van der Waals surface area contributed by atoms with E-state index in [1.807, 2.05) is 31.3 Å². The van der Waals surface area contributed by atoms with E-state index in [4.69, 9.17) is 9.47 Å². The summed E-state index contributed by atoms with van der Waals surface area (Å²) in [7, 11) is 7.02. The predicted octanol–water partition coefficient (Wildman–Crippen LogP) is 2.28. The highest BCUT2D eigenvalue weighted by molar-refractivity contribution is 6.11. The van der Waals surface area contributed by atoms with E-state index in [-0.39, 0.29) is 5.78 Å². The van der Waals surface area contributed by atoms with Gasteiger partial charge in [0, 0.05) is 31.4 Å². The Balaban J connectivity index is 2.46. The van der Waals surface area contributed by atoms with Gasteiger partial charge in [-0.2, -0.15) is 0 Å². The van der Waals surface area contributed by atoms with E-state index in [2.05, 4.69) is 0 Å². The monoisotopic (exact) mass is 261 g/mol. The van der Waals surface area contributed by atoms with Gasteiger partial charge in [-0.15, -0.1) is 0 Å². The first-order valence-corrected chi connectivity index (χ1v) is 6.23. The summed E-state index contributed by atoms with van der Waals surface area (Å²) in [4.78, 5) is 14.3. The van der Waals surface area contributed by atoms with E-state index in [1.165, 1.54) is 0 Å². The van der Waals surface area contributed by atoms with Crippen molar-refractivity contribution in [1.82, 2.24) is 4.90 Å². The Morgan fingerprint density at radius 1 is 1.11 bits per heavy atom. The Kier molecular flexibility index (Phi) is 3.79. The lowest BCUT2D eigenvalue weighted by molar-refractivity contribution is 0.102. The van der Waals surface area contributed by atoms with Gasteiger partial charge in [-0.25, -0.2) is 0 Å². The molecule has 0 atom stereocenters. The second kappa shape index (κ2) is 5.34. The van der Waals surface area contributed by atoms with Crippen LogP contribution in [0.4, 0.5) is 0 Å². The van der Waals surface area contributed by atoms with Crippen LogP contribution < -0.4 is 9.47 Å². The van der Waals surface area contributed by atoms with Gasteiger partial charge >= 0.3 is 0 Å². The molecule has 19 heavy (non-hydrogen) atoms. The third-order valence-electron chi connectivity index (χ3n) is 3.22. The van der Waals surface area contributed by atoms with Crippen LogP contribution >= 0.6 is 0 Å². The number of Topliss-reactive ketones (excluding diaryl/α,β-unsaturated/α-hetero) is 1. The largest absolute Gasteiger partial charge is 0.493 e. The Morgan fingerprint density at radius 3 is 2.32 bits per heavy atom. The van der Waals surface area contributed by atoms with Crippen molar-refractivity contribution in [1.29, 1.82) is 0 Å². The summed E-state index contributed by atoms with van der Waals surface area (Å²) in [5.41, 5.74) is 2.58. The van der Waals surface area contributed by atoms with E-state index in [0.29, 0.717) is 11.5 Å². The average molecular weight is 261 g/mol. The number of hydrogen-bond acceptors (Lipinski definition) is 4. The van der Waals surface area contributed by atoms with Crippen LogP contribution in [0.1, 0.15) is 22.3 Å². The summed E-state index contributed by atoms with van der Waals surface area (Å²) in [5, 5.41) is 0. The van der Waals surface area contributed by atoms with Crippen molar-refractivity contribution >= 4 is 5.78 Å². The highest BCUT2D eigenvalue weighted by Crippen LogP contribution is 2.35. The van der Waals surface area contributed by atoms with Crippen molar-refractivity contribution in [3.63, 3.8) is 0 Å². The maximum absolute atomic E-state index is 12.4. The summed E-state index contributed by atoms with van der Waals surface area (Å²) in [5.74, 6) is 1.35. The molecular formula is C15H19NO3. The molecule has 0 unspecified atom stereocenters. The summed E-state index contributed by atoms with van der Waals surface area (Å²) < 4.78 is 10.5. The smallest absolute Gasteiger partial charge is 0.190 e. The SMILES string of the molecule is COc1cc2c(cc1OC)C(=O)/C(=C\N(C)C)CC2. The molecule has 0 saturated heterocycles. The summed E-state index contributed by atoms with van der Waals surface area (Å²) in [6.07, 6.45) is 3.50. The molecule has 102 valence electrons. The zero-order valence-electron chi connectivity index (χ0n) is 11.8. The fraction of sp³-hybridized carbons (Fsp3) is 0.400. The van der Waals surface area contributed by atoms with Gasteiger partial charge in [-0.1, -0.05) is 0 Å². The topological polar surface area (TPSA) is 38.8 Å². The first kappa shape index (κ1) is 13.5. The molecule has 0 bridgehead atoms. The quantitative estimate of drug-likeness (QED) is 0.782. The summed E-state index contributed by atoms with van der Waals surface area (Å²) in [6, 6.07) is 3.68. The molecule has 0 spiro atoms. The van der Waals surface area contributed by atoms with Crippen LogP contribution in [0.15, 0.2) is 23.9 Å². The molecule has 0 aromatic heterocycles. The molecule has 0 amide bonds. The summed E-state index contributed by atoms with van der Waals surface area (Å²) >= 11 is 0. The zero-order valence-corrected chi connectivity index (χ0v) is 11.8. The number of nitrogens with zero attached hydrogens (tertiary/aromatic N) is 1. The lowest BCUT2D eigenvalue weighted by Gasteiger charge is -2.21. The van der Waals surface area contributed by atoms with Gasteiger partial charge in [0.15, 0.2) is 17.3 Å². The lowest BCUT2D eigenvalue weighted by atomic mass is 9.87. The molecule has 0 saturated carbocycles. The first-order valence-electron chi connectivity index (χ1n) is 6.23. The number of allylic oxidation sites excluding steroid dienone is 1.